The SMILES string of the molecule is C=Cc1ccc(CC(NC)C(N)=O)cc1C=C.CC. The maximum absolute atomic E-state index is 11.1. The van der Waals surface area contributed by atoms with Crippen molar-refractivity contribution < 1.29 is 4.79 Å². The zero-order valence-corrected chi connectivity index (χ0v) is 12.1. The monoisotopic (exact) mass is 260 g/mol. The summed E-state index contributed by atoms with van der Waals surface area (Å²) in [5, 5.41) is 2.90. The molecule has 0 aromatic heterocycles. The summed E-state index contributed by atoms with van der Waals surface area (Å²) >= 11 is 0. The van der Waals surface area contributed by atoms with Gasteiger partial charge in [-0.3, -0.25) is 4.79 Å². The number of carbonyl (C=O) groups excluding carboxylic acids is 1. The second-order valence-corrected chi connectivity index (χ2v) is 3.82. The van der Waals surface area contributed by atoms with Gasteiger partial charge in [-0.25, -0.2) is 0 Å². The number of nitrogens with two attached hydrogens (primary N) is 1. The van der Waals surface area contributed by atoms with Gasteiger partial charge in [0.2, 0.25) is 5.91 Å². The molecule has 3 nitrogen and oxygen atoms in total. The Hall–Kier alpha value is -1.87. The summed E-state index contributed by atoms with van der Waals surface area (Å²) in [4.78, 5) is 11.1. The minimum absolute atomic E-state index is 0.345. The molecule has 0 radical (unpaired) electrons. The first-order valence-electron chi connectivity index (χ1n) is 6.46. The predicted molar refractivity (Wildman–Crippen MR) is 83.7 cm³/mol. The molecule has 0 bridgehead atoms. The van der Waals surface area contributed by atoms with E-state index in [4.69, 9.17) is 5.73 Å². The van der Waals surface area contributed by atoms with Gasteiger partial charge in [-0.05, 0) is 30.2 Å². The Morgan fingerprint density at radius 2 is 1.89 bits per heavy atom. The number of rotatable bonds is 6. The lowest BCUT2D eigenvalue weighted by Gasteiger charge is -2.13. The quantitative estimate of drug-likeness (QED) is 0.826. The first kappa shape index (κ1) is 17.1. The third-order valence-electron chi connectivity index (χ3n) is 2.72. The molecule has 19 heavy (non-hydrogen) atoms. The lowest BCUT2D eigenvalue weighted by molar-refractivity contribution is -0.119. The van der Waals surface area contributed by atoms with Crippen LogP contribution in [0.3, 0.4) is 0 Å². The highest BCUT2D eigenvalue weighted by Crippen LogP contribution is 2.15. The molecule has 0 saturated heterocycles. The second kappa shape index (κ2) is 9.11. The first-order chi connectivity index (χ1) is 9.12. The van der Waals surface area contributed by atoms with Crippen molar-refractivity contribution >= 4 is 18.1 Å². The highest BCUT2D eigenvalue weighted by Gasteiger charge is 2.13. The summed E-state index contributed by atoms with van der Waals surface area (Å²) in [7, 11) is 1.72. The molecule has 1 atom stereocenters. The van der Waals surface area contributed by atoms with Gasteiger partial charge >= 0.3 is 0 Å². The van der Waals surface area contributed by atoms with Gasteiger partial charge < -0.3 is 11.1 Å². The van der Waals surface area contributed by atoms with E-state index in [1.165, 1.54) is 0 Å². The van der Waals surface area contributed by atoms with Crippen LogP contribution in [0.1, 0.15) is 30.5 Å². The lowest BCUT2D eigenvalue weighted by Crippen LogP contribution is -2.40. The molecule has 0 saturated carbocycles. The normalized spacial score (nSPS) is 10.9. The van der Waals surface area contributed by atoms with Crippen molar-refractivity contribution in [3.05, 3.63) is 48.0 Å². The van der Waals surface area contributed by atoms with E-state index in [0.29, 0.717) is 6.42 Å². The van der Waals surface area contributed by atoms with Gasteiger partial charge in [-0.2, -0.15) is 0 Å². The molecule has 104 valence electrons. The van der Waals surface area contributed by atoms with Crippen LogP contribution < -0.4 is 11.1 Å². The Kier molecular flexibility index (Phi) is 8.22. The number of hydrogen-bond donors (Lipinski definition) is 2. The standard InChI is InChI=1S/C14H18N2O.C2H6/c1-4-11-7-6-10(8-12(11)5-2)9-13(16-3)14(15)17;1-2/h4-8,13,16H,1-2,9H2,3H3,(H2,15,17);1-2H3. The third kappa shape index (κ3) is 5.10. The minimum atomic E-state index is -0.347. The molecule has 0 heterocycles. The van der Waals surface area contributed by atoms with Crippen LogP contribution in [-0.2, 0) is 11.2 Å². The molecule has 3 heteroatoms. The summed E-state index contributed by atoms with van der Waals surface area (Å²) < 4.78 is 0. The van der Waals surface area contributed by atoms with Gasteiger partial charge in [0.25, 0.3) is 0 Å². The number of benzene rings is 1. The van der Waals surface area contributed by atoms with E-state index in [1.807, 2.05) is 32.0 Å². The molecule has 0 aliphatic rings. The van der Waals surface area contributed by atoms with Gasteiger partial charge in [-0.15, -0.1) is 0 Å². The van der Waals surface area contributed by atoms with Crippen LogP contribution in [0.2, 0.25) is 0 Å². The zero-order chi connectivity index (χ0) is 14.8. The van der Waals surface area contributed by atoms with Crippen molar-refractivity contribution in [2.75, 3.05) is 7.05 Å². The molecular weight excluding hydrogens is 236 g/mol. The van der Waals surface area contributed by atoms with Crippen LogP contribution in [0, 0.1) is 0 Å². The smallest absolute Gasteiger partial charge is 0.234 e. The van der Waals surface area contributed by atoms with Crippen molar-refractivity contribution in [2.45, 2.75) is 26.3 Å². The largest absolute Gasteiger partial charge is 0.368 e. The van der Waals surface area contributed by atoms with Gasteiger partial charge in [0, 0.05) is 0 Å². The van der Waals surface area contributed by atoms with Crippen molar-refractivity contribution in [1.29, 1.82) is 0 Å². The Morgan fingerprint density at radius 1 is 1.32 bits per heavy atom. The first-order valence-corrected chi connectivity index (χ1v) is 6.46. The number of hydrogen-bond acceptors (Lipinski definition) is 2. The second-order valence-electron chi connectivity index (χ2n) is 3.82. The molecule has 0 fully saturated rings. The topological polar surface area (TPSA) is 55.1 Å². The fraction of sp³-hybridized carbons (Fsp3) is 0.312. The summed E-state index contributed by atoms with van der Waals surface area (Å²) in [6.45, 7) is 11.5. The van der Waals surface area contributed by atoms with Crippen LogP contribution in [0.5, 0.6) is 0 Å². The van der Waals surface area contributed by atoms with Crippen LogP contribution in [0.25, 0.3) is 12.2 Å². The van der Waals surface area contributed by atoms with Crippen LogP contribution in [-0.4, -0.2) is 19.0 Å². The Labute approximate surface area is 116 Å². The molecule has 1 aromatic carbocycles. The average Bonchev–Trinajstić information content (AvgIpc) is 2.46. The summed E-state index contributed by atoms with van der Waals surface area (Å²) in [5.74, 6) is -0.347. The number of likely N-dealkylation sites (N-methyl/N-ethyl adjacent to an activating group) is 1. The van der Waals surface area contributed by atoms with Crippen molar-refractivity contribution in [2.24, 2.45) is 5.73 Å². The van der Waals surface area contributed by atoms with Crippen molar-refractivity contribution in [3.63, 3.8) is 0 Å². The molecule has 0 spiro atoms. The molecule has 1 unspecified atom stereocenters. The van der Waals surface area contributed by atoms with Gasteiger partial charge in [0.05, 0.1) is 6.04 Å². The number of nitrogens with one attached hydrogen (secondary N) is 1. The zero-order valence-electron chi connectivity index (χ0n) is 12.1. The molecule has 1 aromatic rings. The van der Waals surface area contributed by atoms with E-state index in [0.717, 1.165) is 16.7 Å². The van der Waals surface area contributed by atoms with Crippen LogP contribution in [0.15, 0.2) is 31.4 Å². The number of primary amides is 1. The summed E-state index contributed by atoms with van der Waals surface area (Å²) in [6, 6.07) is 5.59. The maximum atomic E-state index is 11.1. The van der Waals surface area contributed by atoms with E-state index in [9.17, 15) is 4.79 Å². The van der Waals surface area contributed by atoms with Crippen molar-refractivity contribution in [3.8, 4) is 0 Å². The van der Waals surface area contributed by atoms with Gasteiger partial charge in [0.1, 0.15) is 0 Å². The van der Waals surface area contributed by atoms with E-state index >= 15 is 0 Å². The van der Waals surface area contributed by atoms with Crippen molar-refractivity contribution in [1.82, 2.24) is 5.32 Å². The maximum Gasteiger partial charge on any atom is 0.234 e. The molecular formula is C16H24N2O. The van der Waals surface area contributed by atoms with Crippen LogP contribution in [0.4, 0.5) is 0 Å². The van der Waals surface area contributed by atoms with E-state index < -0.39 is 0 Å². The number of amides is 1. The molecule has 1 rings (SSSR count). The van der Waals surface area contributed by atoms with E-state index in [1.54, 1.807) is 19.2 Å². The predicted octanol–water partition coefficient (Wildman–Crippen LogP) is 2.61. The van der Waals surface area contributed by atoms with Crippen LogP contribution >= 0.6 is 0 Å². The average molecular weight is 260 g/mol. The number of carbonyl (C=O) groups is 1. The van der Waals surface area contributed by atoms with E-state index in [2.05, 4.69) is 18.5 Å². The molecule has 3 N–H and O–H groups in total. The van der Waals surface area contributed by atoms with E-state index in [-0.39, 0.29) is 11.9 Å². The van der Waals surface area contributed by atoms with Gasteiger partial charge in [0.15, 0.2) is 0 Å². The highest BCUT2D eigenvalue weighted by molar-refractivity contribution is 5.80. The Morgan fingerprint density at radius 3 is 2.32 bits per heavy atom. The summed E-state index contributed by atoms with van der Waals surface area (Å²) in [6.07, 6.45) is 4.13. The third-order valence-corrected chi connectivity index (χ3v) is 2.72. The Balaban J connectivity index is 0.00000154. The highest BCUT2D eigenvalue weighted by atomic mass is 16.1. The fourth-order valence-electron chi connectivity index (χ4n) is 1.69. The van der Waals surface area contributed by atoms with Gasteiger partial charge in [-0.1, -0.05) is 57.4 Å². The molecule has 0 aliphatic heterocycles. The lowest BCUT2D eigenvalue weighted by atomic mass is 9.99. The molecule has 0 aliphatic carbocycles. The minimum Gasteiger partial charge on any atom is -0.368 e. The fourth-order valence-corrected chi connectivity index (χ4v) is 1.69. The Bertz CT molecular complexity index is 438. The summed E-state index contributed by atoms with van der Waals surface area (Å²) in [5.41, 5.74) is 8.37. The molecule has 1 amide bonds.